The minimum atomic E-state index is -0.471. The maximum Gasteiger partial charge on any atom is 0.293 e. The maximum atomic E-state index is 12.6. The topological polar surface area (TPSA) is 97.2 Å². The van der Waals surface area contributed by atoms with Crippen molar-refractivity contribution in [3.8, 4) is 0 Å². The van der Waals surface area contributed by atoms with Gasteiger partial charge in [-0.3, -0.25) is 19.9 Å². The van der Waals surface area contributed by atoms with Crippen LogP contribution in [0.15, 0.2) is 54.7 Å². The summed E-state index contributed by atoms with van der Waals surface area (Å²) >= 11 is 0. The molecule has 7 heteroatoms. The molecule has 4 rings (SSSR count). The number of benzene rings is 2. The third-order valence-electron chi connectivity index (χ3n) is 4.27. The van der Waals surface area contributed by atoms with Crippen molar-refractivity contribution < 1.29 is 9.72 Å². The van der Waals surface area contributed by atoms with Crippen molar-refractivity contribution in [2.24, 2.45) is 0 Å². The van der Waals surface area contributed by atoms with Crippen molar-refractivity contribution >= 4 is 33.9 Å². The van der Waals surface area contributed by atoms with Gasteiger partial charge in [0.15, 0.2) is 0 Å². The summed E-state index contributed by atoms with van der Waals surface area (Å²) in [6, 6.07) is 14.0. The number of anilines is 2. The van der Waals surface area contributed by atoms with Crippen LogP contribution in [0.1, 0.15) is 23.2 Å². The molecule has 1 heterocycles. The molecule has 1 aromatic heterocycles. The van der Waals surface area contributed by atoms with Crippen LogP contribution >= 0.6 is 0 Å². The average Bonchev–Trinajstić information content (AvgIpc) is 3.46. The number of nitrogens with one attached hydrogen (secondary N) is 2. The Balaban J connectivity index is 1.63. The number of carbonyl (C=O) groups is 1. The summed E-state index contributed by atoms with van der Waals surface area (Å²) < 4.78 is 0. The first-order valence-corrected chi connectivity index (χ1v) is 8.32. The second-order valence-electron chi connectivity index (χ2n) is 6.24. The van der Waals surface area contributed by atoms with Crippen LogP contribution in [0, 0.1) is 10.1 Å². The van der Waals surface area contributed by atoms with Gasteiger partial charge in [0, 0.05) is 29.3 Å². The molecule has 1 saturated carbocycles. The number of hydrogen-bond donors (Lipinski definition) is 2. The molecule has 3 aromatic rings. The van der Waals surface area contributed by atoms with Crippen LogP contribution in [-0.4, -0.2) is 21.9 Å². The lowest BCUT2D eigenvalue weighted by atomic mass is 10.1. The summed E-state index contributed by atoms with van der Waals surface area (Å²) in [6.07, 6.45) is 3.67. The largest absolute Gasteiger partial charge is 0.377 e. The Hall–Kier alpha value is -3.48. The molecule has 2 N–H and O–H groups in total. The van der Waals surface area contributed by atoms with E-state index >= 15 is 0 Å². The highest BCUT2D eigenvalue weighted by Crippen LogP contribution is 2.32. The zero-order valence-electron chi connectivity index (χ0n) is 13.8. The van der Waals surface area contributed by atoms with Gasteiger partial charge < -0.3 is 10.6 Å². The third kappa shape index (κ3) is 3.19. The monoisotopic (exact) mass is 348 g/mol. The fourth-order valence-electron chi connectivity index (χ4n) is 2.79. The molecule has 1 aliphatic rings. The number of nitro benzene ring substituents is 1. The SMILES string of the molecule is O=C(Nc1cccc2cccnc12)c1ccc(NC2CC2)c([N+](=O)[O-])c1. The van der Waals surface area contributed by atoms with Crippen molar-refractivity contribution in [3.05, 3.63) is 70.4 Å². The fraction of sp³-hybridized carbons (Fsp3) is 0.158. The van der Waals surface area contributed by atoms with Gasteiger partial charge in [0.05, 0.1) is 16.1 Å². The number of rotatable bonds is 5. The molecule has 0 saturated heterocycles. The highest BCUT2D eigenvalue weighted by Gasteiger charge is 2.25. The summed E-state index contributed by atoms with van der Waals surface area (Å²) in [5, 5.41) is 18.2. The number of carbonyl (C=O) groups excluding carboxylic acids is 1. The molecule has 1 amide bonds. The van der Waals surface area contributed by atoms with E-state index in [0.29, 0.717) is 16.9 Å². The number of aromatic nitrogens is 1. The van der Waals surface area contributed by atoms with Crippen LogP contribution in [0.5, 0.6) is 0 Å². The zero-order valence-corrected chi connectivity index (χ0v) is 13.8. The molecule has 26 heavy (non-hydrogen) atoms. The van der Waals surface area contributed by atoms with E-state index in [9.17, 15) is 14.9 Å². The van der Waals surface area contributed by atoms with Gasteiger partial charge in [0.25, 0.3) is 11.6 Å². The first-order valence-electron chi connectivity index (χ1n) is 8.32. The number of amides is 1. The van der Waals surface area contributed by atoms with Crippen molar-refractivity contribution in [2.75, 3.05) is 10.6 Å². The molecule has 0 atom stereocenters. The van der Waals surface area contributed by atoms with Gasteiger partial charge >= 0.3 is 0 Å². The molecule has 7 nitrogen and oxygen atoms in total. The smallest absolute Gasteiger partial charge is 0.293 e. The van der Waals surface area contributed by atoms with Crippen LogP contribution in [-0.2, 0) is 0 Å². The quantitative estimate of drug-likeness (QED) is 0.537. The number of nitrogens with zero attached hydrogens (tertiary/aromatic N) is 2. The number of pyridine rings is 1. The molecule has 0 spiro atoms. The van der Waals surface area contributed by atoms with E-state index in [4.69, 9.17) is 0 Å². The Morgan fingerprint density at radius 2 is 1.92 bits per heavy atom. The minimum Gasteiger partial charge on any atom is -0.377 e. The number of nitro groups is 1. The highest BCUT2D eigenvalue weighted by molar-refractivity contribution is 6.08. The van der Waals surface area contributed by atoms with Crippen molar-refractivity contribution in [3.63, 3.8) is 0 Å². The number of fused-ring (bicyclic) bond motifs is 1. The van der Waals surface area contributed by atoms with Gasteiger partial charge in [-0.2, -0.15) is 0 Å². The second kappa shape index (κ2) is 6.44. The highest BCUT2D eigenvalue weighted by atomic mass is 16.6. The molecule has 0 aliphatic heterocycles. The first-order chi connectivity index (χ1) is 12.6. The third-order valence-corrected chi connectivity index (χ3v) is 4.27. The van der Waals surface area contributed by atoms with Crippen LogP contribution in [0.4, 0.5) is 17.1 Å². The molecular weight excluding hydrogens is 332 g/mol. The zero-order chi connectivity index (χ0) is 18.1. The standard InChI is InChI=1S/C19H16N4O3/c24-19(22-16-5-1-3-12-4-2-10-20-18(12)16)13-6-9-15(21-14-7-8-14)17(11-13)23(25)26/h1-6,9-11,14,21H,7-8H2,(H,22,24). The Kier molecular flexibility index (Phi) is 3.96. The molecule has 0 radical (unpaired) electrons. The summed E-state index contributed by atoms with van der Waals surface area (Å²) in [7, 11) is 0. The van der Waals surface area contributed by atoms with Gasteiger partial charge in [-0.25, -0.2) is 0 Å². The van der Waals surface area contributed by atoms with E-state index < -0.39 is 10.8 Å². The van der Waals surface area contributed by atoms with Gasteiger partial charge in [-0.15, -0.1) is 0 Å². The molecule has 130 valence electrons. The Morgan fingerprint density at radius 3 is 2.69 bits per heavy atom. The maximum absolute atomic E-state index is 12.6. The van der Waals surface area contributed by atoms with E-state index in [1.165, 1.54) is 6.07 Å². The normalized spacial score (nSPS) is 13.4. The van der Waals surface area contributed by atoms with E-state index in [0.717, 1.165) is 18.2 Å². The van der Waals surface area contributed by atoms with Gasteiger partial charge in [0.1, 0.15) is 5.69 Å². The van der Waals surface area contributed by atoms with Crippen LogP contribution in [0.3, 0.4) is 0 Å². The molecule has 2 aromatic carbocycles. The lowest BCUT2D eigenvalue weighted by Gasteiger charge is -2.10. The van der Waals surface area contributed by atoms with Crippen LogP contribution < -0.4 is 10.6 Å². The lowest BCUT2D eigenvalue weighted by molar-refractivity contribution is -0.384. The molecular formula is C19H16N4O3. The number of para-hydroxylation sites is 1. The summed E-state index contributed by atoms with van der Waals surface area (Å²) in [4.78, 5) is 27.8. The van der Waals surface area contributed by atoms with E-state index in [1.54, 1.807) is 24.4 Å². The van der Waals surface area contributed by atoms with Gasteiger partial charge in [0.2, 0.25) is 0 Å². The van der Waals surface area contributed by atoms with Crippen LogP contribution in [0.2, 0.25) is 0 Å². The average molecular weight is 348 g/mol. The Bertz CT molecular complexity index is 1010. The van der Waals surface area contributed by atoms with Crippen LogP contribution in [0.25, 0.3) is 10.9 Å². The van der Waals surface area contributed by atoms with Gasteiger partial charge in [-0.05, 0) is 37.1 Å². The second-order valence-corrected chi connectivity index (χ2v) is 6.24. The van der Waals surface area contributed by atoms with Crippen molar-refractivity contribution in [1.29, 1.82) is 0 Å². The first kappa shape index (κ1) is 16.0. The predicted molar refractivity (Wildman–Crippen MR) is 99.4 cm³/mol. The Morgan fingerprint density at radius 1 is 1.12 bits per heavy atom. The minimum absolute atomic E-state index is 0.0967. The Labute approximate surface area is 149 Å². The van der Waals surface area contributed by atoms with Crippen molar-refractivity contribution in [1.82, 2.24) is 4.98 Å². The van der Waals surface area contributed by atoms with E-state index in [1.807, 2.05) is 24.3 Å². The van der Waals surface area contributed by atoms with E-state index in [2.05, 4.69) is 15.6 Å². The molecule has 1 fully saturated rings. The van der Waals surface area contributed by atoms with Crippen molar-refractivity contribution in [2.45, 2.75) is 18.9 Å². The summed E-state index contributed by atoms with van der Waals surface area (Å²) in [6.45, 7) is 0. The lowest BCUT2D eigenvalue weighted by Crippen LogP contribution is -2.13. The van der Waals surface area contributed by atoms with Gasteiger partial charge in [-0.1, -0.05) is 18.2 Å². The molecule has 0 unspecified atom stereocenters. The summed E-state index contributed by atoms with van der Waals surface area (Å²) in [5.41, 5.74) is 1.81. The predicted octanol–water partition coefficient (Wildman–Crippen LogP) is 3.97. The fourth-order valence-corrected chi connectivity index (χ4v) is 2.79. The summed E-state index contributed by atoms with van der Waals surface area (Å²) in [5.74, 6) is -0.413. The van der Waals surface area contributed by atoms with E-state index in [-0.39, 0.29) is 17.3 Å². The molecule has 1 aliphatic carbocycles. The number of hydrogen-bond acceptors (Lipinski definition) is 5. The molecule has 0 bridgehead atoms.